The van der Waals surface area contributed by atoms with Crippen LogP contribution in [-0.4, -0.2) is 28.2 Å². The van der Waals surface area contributed by atoms with Gasteiger partial charge in [0.05, 0.1) is 0 Å². The van der Waals surface area contributed by atoms with Gasteiger partial charge in [0, 0.05) is 17.5 Å². The molecular formula is C15H30N2O3. The maximum atomic E-state index is 12.0. The summed E-state index contributed by atoms with van der Waals surface area (Å²) in [5, 5.41) is 14.5. The number of carboxylic acids is 1. The van der Waals surface area contributed by atoms with Crippen LogP contribution in [0.1, 0.15) is 67.7 Å². The highest BCUT2D eigenvalue weighted by Gasteiger charge is 2.29. The Hall–Kier alpha value is -1.26. The van der Waals surface area contributed by atoms with Crippen molar-refractivity contribution in [2.24, 2.45) is 5.41 Å². The van der Waals surface area contributed by atoms with Crippen LogP contribution >= 0.6 is 0 Å². The van der Waals surface area contributed by atoms with Gasteiger partial charge in [0.25, 0.3) is 0 Å². The first-order valence-corrected chi connectivity index (χ1v) is 7.05. The van der Waals surface area contributed by atoms with Gasteiger partial charge in [-0.2, -0.15) is 0 Å². The third-order valence-electron chi connectivity index (χ3n) is 2.84. The Balaban J connectivity index is 4.44. The lowest BCUT2D eigenvalue weighted by Gasteiger charge is -2.35. The molecule has 0 unspecified atom stereocenters. The van der Waals surface area contributed by atoms with Gasteiger partial charge in [-0.3, -0.25) is 4.79 Å². The van der Waals surface area contributed by atoms with Crippen molar-refractivity contribution in [3.63, 3.8) is 0 Å². The van der Waals surface area contributed by atoms with E-state index in [9.17, 15) is 9.59 Å². The predicted octanol–water partition coefficient (Wildman–Crippen LogP) is 3.14. The Morgan fingerprint density at radius 3 is 1.75 bits per heavy atom. The molecule has 3 N–H and O–H groups in total. The zero-order chi connectivity index (χ0) is 16.2. The quantitative estimate of drug-likeness (QED) is 0.702. The minimum Gasteiger partial charge on any atom is -0.481 e. The highest BCUT2D eigenvalue weighted by molar-refractivity contribution is 5.75. The summed E-state index contributed by atoms with van der Waals surface area (Å²) in [5.74, 6) is -0.853. The third kappa shape index (κ3) is 9.64. The molecule has 0 aliphatic heterocycles. The lowest BCUT2D eigenvalue weighted by Crippen LogP contribution is -2.55. The minimum absolute atomic E-state index is 0.0403. The summed E-state index contributed by atoms with van der Waals surface area (Å²) >= 11 is 0. The molecular weight excluding hydrogens is 256 g/mol. The Bertz CT molecular complexity index is 355. The van der Waals surface area contributed by atoms with E-state index >= 15 is 0 Å². The van der Waals surface area contributed by atoms with E-state index in [0.717, 1.165) is 6.42 Å². The van der Waals surface area contributed by atoms with Gasteiger partial charge in [0.2, 0.25) is 0 Å². The van der Waals surface area contributed by atoms with Crippen LogP contribution in [0.15, 0.2) is 0 Å². The summed E-state index contributed by atoms with van der Waals surface area (Å²) in [4.78, 5) is 22.6. The first kappa shape index (κ1) is 18.7. The monoisotopic (exact) mass is 286 g/mol. The van der Waals surface area contributed by atoms with Crippen molar-refractivity contribution >= 4 is 12.0 Å². The molecule has 5 nitrogen and oxygen atoms in total. The first-order chi connectivity index (χ1) is 8.72. The van der Waals surface area contributed by atoms with Crippen LogP contribution in [0.2, 0.25) is 0 Å². The fourth-order valence-electron chi connectivity index (χ4n) is 2.50. The average Bonchev–Trinajstić information content (AvgIpc) is 2.07. The fourth-order valence-corrected chi connectivity index (χ4v) is 2.50. The Morgan fingerprint density at radius 1 is 0.900 bits per heavy atom. The molecule has 0 rings (SSSR count). The number of aliphatic carboxylic acids is 1. The first-order valence-electron chi connectivity index (χ1n) is 7.05. The van der Waals surface area contributed by atoms with Crippen LogP contribution in [-0.2, 0) is 4.79 Å². The Labute approximate surface area is 122 Å². The molecule has 118 valence electrons. The molecule has 0 spiro atoms. The number of rotatable bonds is 6. The van der Waals surface area contributed by atoms with Gasteiger partial charge < -0.3 is 15.7 Å². The third-order valence-corrected chi connectivity index (χ3v) is 2.84. The van der Waals surface area contributed by atoms with Gasteiger partial charge in [0.1, 0.15) is 0 Å². The second-order valence-electron chi connectivity index (χ2n) is 7.98. The molecule has 0 bridgehead atoms. The van der Waals surface area contributed by atoms with Crippen molar-refractivity contribution in [1.82, 2.24) is 10.6 Å². The van der Waals surface area contributed by atoms with Gasteiger partial charge in [-0.15, -0.1) is 0 Å². The molecule has 20 heavy (non-hydrogen) atoms. The van der Waals surface area contributed by atoms with E-state index in [1.54, 1.807) is 0 Å². The highest BCUT2D eigenvalue weighted by atomic mass is 16.4. The molecule has 0 saturated heterocycles. The zero-order valence-corrected chi connectivity index (χ0v) is 13.9. The van der Waals surface area contributed by atoms with E-state index in [1.807, 2.05) is 27.7 Å². The smallest absolute Gasteiger partial charge is 0.315 e. The standard InChI is InChI=1S/C15H30N2O3/c1-13(2,3)10-15(6,7)17-12(20)16-14(4,5)9-8-11(18)19/h8-10H2,1-7H3,(H,18,19)(H2,16,17,20). The number of hydrogen-bond donors (Lipinski definition) is 3. The van der Waals surface area contributed by atoms with E-state index in [0.29, 0.717) is 6.42 Å². The van der Waals surface area contributed by atoms with Crippen LogP contribution in [0.4, 0.5) is 4.79 Å². The Kier molecular flexibility index (Phi) is 6.05. The summed E-state index contributed by atoms with van der Waals surface area (Å²) in [5.41, 5.74) is -0.735. The van der Waals surface area contributed by atoms with Crippen LogP contribution in [0.5, 0.6) is 0 Å². The molecule has 0 heterocycles. The molecule has 0 aromatic carbocycles. The molecule has 0 saturated carbocycles. The second-order valence-corrected chi connectivity index (χ2v) is 7.98. The topological polar surface area (TPSA) is 78.4 Å². The lowest BCUT2D eigenvalue weighted by molar-refractivity contribution is -0.137. The molecule has 2 amide bonds. The van der Waals surface area contributed by atoms with E-state index in [-0.39, 0.29) is 23.4 Å². The van der Waals surface area contributed by atoms with Crippen LogP contribution in [0.3, 0.4) is 0 Å². The summed E-state index contributed by atoms with van der Waals surface area (Å²) in [6.07, 6.45) is 1.29. The fraction of sp³-hybridized carbons (Fsp3) is 0.867. The molecule has 5 heteroatoms. The Morgan fingerprint density at radius 2 is 1.35 bits per heavy atom. The van der Waals surface area contributed by atoms with Gasteiger partial charge in [-0.1, -0.05) is 20.8 Å². The predicted molar refractivity (Wildman–Crippen MR) is 80.8 cm³/mol. The highest BCUT2D eigenvalue weighted by Crippen LogP contribution is 2.26. The lowest BCUT2D eigenvalue weighted by atomic mass is 9.82. The minimum atomic E-state index is -0.853. The number of nitrogens with one attached hydrogen (secondary N) is 2. The van der Waals surface area contributed by atoms with E-state index < -0.39 is 11.5 Å². The SMILES string of the molecule is CC(C)(C)CC(C)(C)NC(=O)NC(C)(C)CCC(=O)O. The molecule has 0 radical (unpaired) electrons. The number of amides is 2. The van der Waals surface area contributed by atoms with Crippen molar-refractivity contribution in [1.29, 1.82) is 0 Å². The molecule has 0 aromatic rings. The van der Waals surface area contributed by atoms with Crippen molar-refractivity contribution in [3.8, 4) is 0 Å². The largest absolute Gasteiger partial charge is 0.481 e. The number of urea groups is 1. The molecule has 0 aliphatic carbocycles. The van der Waals surface area contributed by atoms with Crippen LogP contribution in [0.25, 0.3) is 0 Å². The summed E-state index contributed by atoms with van der Waals surface area (Å²) in [6, 6.07) is -0.255. The normalized spacial score (nSPS) is 12.9. The van der Waals surface area contributed by atoms with E-state index in [1.165, 1.54) is 0 Å². The van der Waals surface area contributed by atoms with Crippen molar-refractivity contribution < 1.29 is 14.7 Å². The van der Waals surface area contributed by atoms with Gasteiger partial charge >= 0.3 is 12.0 Å². The van der Waals surface area contributed by atoms with Crippen molar-refractivity contribution in [2.45, 2.75) is 78.8 Å². The molecule has 0 aliphatic rings. The van der Waals surface area contributed by atoms with Crippen molar-refractivity contribution in [3.05, 3.63) is 0 Å². The maximum Gasteiger partial charge on any atom is 0.315 e. The zero-order valence-electron chi connectivity index (χ0n) is 13.9. The number of carbonyl (C=O) groups is 2. The average molecular weight is 286 g/mol. The summed E-state index contributed by atoms with van der Waals surface area (Å²) in [6.45, 7) is 14.0. The molecule has 0 atom stereocenters. The summed E-state index contributed by atoms with van der Waals surface area (Å²) < 4.78 is 0. The van der Waals surface area contributed by atoms with Crippen LogP contribution in [0, 0.1) is 5.41 Å². The second kappa shape index (κ2) is 6.46. The summed E-state index contributed by atoms with van der Waals surface area (Å²) in [7, 11) is 0. The van der Waals surface area contributed by atoms with Gasteiger partial charge in [0.15, 0.2) is 0 Å². The number of carboxylic acid groups (broad SMARTS) is 1. The number of hydrogen-bond acceptors (Lipinski definition) is 2. The van der Waals surface area contributed by atoms with Gasteiger partial charge in [-0.05, 0) is 46.0 Å². The van der Waals surface area contributed by atoms with E-state index in [2.05, 4.69) is 31.4 Å². The number of carbonyl (C=O) groups excluding carboxylic acids is 1. The molecule has 0 fully saturated rings. The van der Waals surface area contributed by atoms with Crippen molar-refractivity contribution in [2.75, 3.05) is 0 Å². The van der Waals surface area contributed by atoms with E-state index in [4.69, 9.17) is 5.11 Å². The maximum absolute atomic E-state index is 12.0. The molecule has 0 aromatic heterocycles. The van der Waals surface area contributed by atoms with Crippen LogP contribution < -0.4 is 10.6 Å². The van der Waals surface area contributed by atoms with Gasteiger partial charge in [-0.25, -0.2) is 4.79 Å².